The highest BCUT2D eigenvalue weighted by Crippen LogP contribution is 2.21. The second-order valence-corrected chi connectivity index (χ2v) is 8.80. The Morgan fingerprint density at radius 1 is 1.03 bits per heavy atom. The number of carbonyl (C=O) groups excluding carboxylic acids is 2. The van der Waals surface area contributed by atoms with E-state index in [2.05, 4.69) is 4.99 Å². The molecule has 30 heavy (non-hydrogen) atoms. The Bertz CT molecular complexity index is 777. The molecule has 0 aromatic heterocycles. The zero-order valence-electron chi connectivity index (χ0n) is 18.3. The molecule has 0 spiro atoms. The molecule has 2 fully saturated rings. The van der Waals surface area contributed by atoms with Gasteiger partial charge in [0, 0.05) is 44.8 Å². The van der Waals surface area contributed by atoms with Crippen molar-refractivity contribution in [3.63, 3.8) is 0 Å². The summed E-state index contributed by atoms with van der Waals surface area (Å²) >= 11 is 0. The van der Waals surface area contributed by atoms with Crippen LogP contribution in [0.4, 0.5) is 10.5 Å². The normalized spacial score (nSPS) is 18.6. The van der Waals surface area contributed by atoms with Gasteiger partial charge in [-0.25, -0.2) is 9.79 Å². The van der Waals surface area contributed by atoms with E-state index >= 15 is 0 Å². The van der Waals surface area contributed by atoms with Crippen molar-refractivity contribution >= 4 is 23.6 Å². The van der Waals surface area contributed by atoms with Crippen LogP contribution in [-0.2, 0) is 16.1 Å². The molecule has 0 bridgehead atoms. The third-order valence-electron chi connectivity index (χ3n) is 5.25. The molecule has 1 aromatic rings. The summed E-state index contributed by atoms with van der Waals surface area (Å²) in [5.41, 5.74) is 7.66. The van der Waals surface area contributed by atoms with Crippen molar-refractivity contribution in [1.82, 2.24) is 9.80 Å². The number of carbonyl (C=O) groups is 2. The predicted molar refractivity (Wildman–Crippen MR) is 117 cm³/mol. The number of hydrogen-bond donors (Lipinski definition) is 1. The van der Waals surface area contributed by atoms with Gasteiger partial charge >= 0.3 is 6.09 Å². The third-order valence-corrected chi connectivity index (χ3v) is 5.25. The minimum absolute atomic E-state index is 0.196. The van der Waals surface area contributed by atoms with Crippen molar-refractivity contribution in [2.24, 2.45) is 10.7 Å². The average molecular weight is 416 g/mol. The van der Waals surface area contributed by atoms with Gasteiger partial charge < -0.3 is 25.2 Å². The number of rotatable bonds is 3. The zero-order valence-corrected chi connectivity index (χ0v) is 18.3. The molecule has 164 valence electrons. The van der Waals surface area contributed by atoms with Crippen LogP contribution in [0.3, 0.4) is 0 Å². The first-order chi connectivity index (χ1) is 14.2. The Morgan fingerprint density at radius 2 is 1.67 bits per heavy atom. The van der Waals surface area contributed by atoms with Crippen LogP contribution in [0, 0.1) is 0 Å². The fourth-order valence-corrected chi connectivity index (χ4v) is 3.58. The van der Waals surface area contributed by atoms with Crippen molar-refractivity contribution < 1.29 is 14.3 Å². The van der Waals surface area contributed by atoms with Gasteiger partial charge in [0.1, 0.15) is 5.60 Å². The Balaban J connectivity index is 1.49. The number of ether oxygens (including phenoxy) is 1. The van der Waals surface area contributed by atoms with Crippen LogP contribution in [-0.4, -0.2) is 66.1 Å². The van der Waals surface area contributed by atoms with Gasteiger partial charge in [-0.15, -0.1) is 0 Å². The van der Waals surface area contributed by atoms with E-state index in [0.717, 1.165) is 30.6 Å². The number of hydrogen-bond acceptors (Lipinski definition) is 4. The lowest BCUT2D eigenvalue weighted by molar-refractivity contribution is -0.119. The molecule has 8 nitrogen and oxygen atoms in total. The Labute approximate surface area is 178 Å². The van der Waals surface area contributed by atoms with E-state index in [-0.39, 0.29) is 12.0 Å². The number of guanidine groups is 1. The second-order valence-electron chi connectivity index (χ2n) is 8.80. The summed E-state index contributed by atoms with van der Waals surface area (Å²) in [5.74, 6) is 0.677. The lowest BCUT2D eigenvalue weighted by atomic mass is 10.1. The molecule has 0 aliphatic carbocycles. The van der Waals surface area contributed by atoms with Crippen LogP contribution in [0.15, 0.2) is 29.3 Å². The average Bonchev–Trinajstić information content (AvgIpc) is 2.72. The summed E-state index contributed by atoms with van der Waals surface area (Å²) < 4.78 is 5.42. The van der Waals surface area contributed by atoms with Crippen molar-refractivity contribution in [1.29, 1.82) is 0 Å². The molecule has 0 radical (unpaired) electrons. The topological polar surface area (TPSA) is 91.5 Å². The number of piperazine rings is 1. The number of piperidine rings is 1. The summed E-state index contributed by atoms with van der Waals surface area (Å²) in [6.07, 6.45) is 2.37. The van der Waals surface area contributed by atoms with Crippen LogP contribution in [0.5, 0.6) is 0 Å². The molecular weight excluding hydrogens is 382 g/mol. The molecule has 2 aliphatic rings. The fourth-order valence-electron chi connectivity index (χ4n) is 3.58. The van der Waals surface area contributed by atoms with Gasteiger partial charge in [0.25, 0.3) is 0 Å². The minimum atomic E-state index is -0.495. The van der Waals surface area contributed by atoms with Crippen LogP contribution in [0.2, 0.25) is 0 Å². The summed E-state index contributed by atoms with van der Waals surface area (Å²) in [6.45, 7) is 9.24. The molecule has 2 N–H and O–H groups in total. The van der Waals surface area contributed by atoms with E-state index < -0.39 is 5.60 Å². The third kappa shape index (κ3) is 5.87. The highest BCUT2D eigenvalue weighted by Gasteiger charge is 2.26. The maximum absolute atomic E-state index is 12.2. The zero-order chi connectivity index (χ0) is 21.7. The minimum Gasteiger partial charge on any atom is -0.444 e. The molecule has 2 aliphatic heterocycles. The van der Waals surface area contributed by atoms with E-state index in [0.29, 0.717) is 45.1 Å². The van der Waals surface area contributed by atoms with Gasteiger partial charge in [-0.1, -0.05) is 12.1 Å². The molecule has 0 atom stereocenters. The van der Waals surface area contributed by atoms with E-state index in [9.17, 15) is 9.59 Å². The maximum Gasteiger partial charge on any atom is 0.410 e. The number of benzene rings is 1. The highest BCUT2D eigenvalue weighted by molar-refractivity contribution is 5.93. The Kier molecular flexibility index (Phi) is 6.84. The smallest absolute Gasteiger partial charge is 0.410 e. The number of aliphatic imine (C=N–C) groups is 1. The molecule has 0 saturated carbocycles. The predicted octanol–water partition coefficient (Wildman–Crippen LogP) is 2.57. The van der Waals surface area contributed by atoms with Gasteiger partial charge in [0.2, 0.25) is 5.91 Å². The van der Waals surface area contributed by atoms with Crippen LogP contribution < -0.4 is 10.6 Å². The summed E-state index contributed by atoms with van der Waals surface area (Å²) in [6, 6.07) is 7.94. The van der Waals surface area contributed by atoms with Gasteiger partial charge in [0.05, 0.1) is 6.54 Å². The molecule has 2 saturated heterocycles. The summed E-state index contributed by atoms with van der Waals surface area (Å²) in [7, 11) is 0. The van der Waals surface area contributed by atoms with Crippen molar-refractivity contribution in [2.45, 2.75) is 52.2 Å². The fraction of sp³-hybridized carbons (Fsp3) is 0.591. The maximum atomic E-state index is 12.2. The number of anilines is 1. The lowest BCUT2D eigenvalue weighted by Gasteiger charge is -2.36. The van der Waals surface area contributed by atoms with Crippen molar-refractivity contribution in [3.8, 4) is 0 Å². The number of amides is 2. The van der Waals surface area contributed by atoms with Crippen molar-refractivity contribution in [2.75, 3.05) is 37.6 Å². The van der Waals surface area contributed by atoms with Crippen LogP contribution in [0.1, 0.15) is 45.6 Å². The Hall–Kier alpha value is -2.77. The first-order valence-corrected chi connectivity index (χ1v) is 10.6. The van der Waals surface area contributed by atoms with Gasteiger partial charge in [-0.3, -0.25) is 4.79 Å². The summed E-state index contributed by atoms with van der Waals surface area (Å²) in [4.78, 5) is 34.3. The molecule has 2 amide bonds. The largest absolute Gasteiger partial charge is 0.444 e. The molecule has 2 heterocycles. The molecule has 1 aromatic carbocycles. The monoisotopic (exact) mass is 415 g/mol. The first-order valence-electron chi connectivity index (χ1n) is 10.6. The second kappa shape index (κ2) is 9.36. The van der Waals surface area contributed by atoms with E-state index in [1.165, 1.54) is 0 Å². The standard InChI is InChI=1S/C22H33N5O3/c1-22(2,3)30-21(29)26-14-12-25(13-15-26)20(23)24-16-17-7-9-18(10-8-17)27-11-5-4-6-19(27)28/h7-10H,4-6,11-16H2,1-3H3,(H2,23,24). The van der Waals surface area contributed by atoms with E-state index in [1.54, 1.807) is 4.90 Å². The molecule has 8 heteroatoms. The highest BCUT2D eigenvalue weighted by atomic mass is 16.6. The SMILES string of the molecule is CC(C)(C)OC(=O)N1CCN(C(N)=NCc2ccc(N3CCCCC3=O)cc2)CC1. The quantitative estimate of drug-likeness (QED) is 0.605. The molecular formula is C22H33N5O3. The first kappa shape index (κ1) is 21.9. The summed E-state index contributed by atoms with van der Waals surface area (Å²) in [5, 5.41) is 0. The van der Waals surface area contributed by atoms with Gasteiger partial charge in [-0.05, 0) is 51.3 Å². The van der Waals surface area contributed by atoms with E-state index in [1.807, 2.05) is 54.8 Å². The molecule has 3 rings (SSSR count). The van der Waals surface area contributed by atoms with Crippen LogP contribution in [0.25, 0.3) is 0 Å². The number of nitrogens with two attached hydrogens (primary N) is 1. The van der Waals surface area contributed by atoms with Gasteiger partial charge in [0.15, 0.2) is 5.96 Å². The lowest BCUT2D eigenvalue weighted by Crippen LogP contribution is -2.53. The molecule has 0 unspecified atom stereocenters. The van der Waals surface area contributed by atoms with E-state index in [4.69, 9.17) is 10.5 Å². The van der Waals surface area contributed by atoms with Crippen LogP contribution >= 0.6 is 0 Å². The van der Waals surface area contributed by atoms with Crippen molar-refractivity contribution in [3.05, 3.63) is 29.8 Å². The Morgan fingerprint density at radius 3 is 2.27 bits per heavy atom. The van der Waals surface area contributed by atoms with Gasteiger partial charge in [-0.2, -0.15) is 0 Å². The number of nitrogens with zero attached hydrogens (tertiary/aromatic N) is 4.